The van der Waals surface area contributed by atoms with E-state index in [1.54, 1.807) is 24.3 Å². The molecular formula is C23H15N5O4S2. The summed E-state index contributed by atoms with van der Waals surface area (Å²) in [4.78, 5) is 27.3. The van der Waals surface area contributed by atoms with E-state index in [4.69, 9.17) is 9.83 Å². The van der Waals surface area contributed by atoms with E-state index in [2.05, 4.69) is 10.1 Å². The smallest absolute Gasteiger partial charge is 0.283 e. The Kier molecular flexibility index (Phi) is 5.86. The predicted octanol–water partition coefficient (Wildman–Crippen LogP) is 5.36. The summed E-state index contributed by atoms with van der Waals surface area (Å²) in [5.74, 6) is 0.796. The maximum Gasteiger partial charge on any atom is 0.283 e. The third-order valence-electron chi connectivity index (χ3n) is 4.90. The summed E-state index contributed by atoms with van der Waals surface area (Å²) in [6.07, 6.45) is 1.43. The van der Waals surface area contributed by atoms with Gasteiger partial charge in [-0.2, -0.15) is 10.0 Å². The third kappa shape index (κ3) is 4.43. The number of hydrogen-bond acceptors (Lipinski definition) is 8. The molecule has 0 unspecified atom stereocenters. The van der Waals surface area contributed by atoms with Gasteiger partial charge in [0, 0.05) is 23.4 Å². The molecule has 9 nitrogen and oxygen atoms in total. The van der Waals surface area contributed by atoms with Gasteiger partial charge in [-0.3, -0.25) is 20.3 Å². The fourth-order valence-electron chi connectivity index (χ4n) is 3.25. The van der Waals surface area contributed by atoms with Gasteiger partial charge >= 0.3 is 0 Å². The van der Waals surface area contributed by atoms with E-state index in [1.807, 2.05) is 30.3 Å². The Labute approximate surface area is 201 Å². The third-order valence-corrected chi connectivity index (χ3v) is 7.01. The molecule has 0 spiro atoms. The molecule has 0 radical (unpaired) electrons. The van der Waals surface area contributed by atoms with Gasteiger partial charge in [-0.05, 0) is 35.5 Å². The first-order valence-corrected chi connectivity index (χ1v) is 11.8. The lowest BCUT2D eigenvalue weighted by Crippen LogP contribution is -2.35. The number of furan rings is 1. The average molecular weight is 490 g/mol. The number of carbonyl (C=O) groups excluding carboxylic acids is 1. The van der Waals surface area contributed by atoms with E-state index in [9.17, 15) is 14.9 Å². The summed E-state index contributed by atoms with van der Waals surface area (Å²) >= 11 is 2.77. The highest BCUT2D eigenvalue weighted by molar-refractivity contribution is 8.45. The normalized spacial score (nSPS) is 16.5. The number of hydrogen-bond donors (Lipinski definition) is 1. The number of thioether (sulfide) groups is 2. The van der Waals surface area contributed by atoms with Crippen molar-refractivity contribution in [3.8, 4) is 11.3 Å². The van der Waals surface area contributed by atoms with E-state index in [0.717, 1.165) is 5.56 Å². The number of nitro benzene ring substituents is 1. The molecule has 0 saturated carbocycles. The number of fused-ring (bicyclic) bond motifs is 1. The zero-order valence-corrected chi connectivity index (χ0v) is 19.0. The molecule has 5 rings (SSSR count). The molecule has 0 saturated heterocycles. The number of nitro groups is 1. The van der Waals surface area contributed by atoms with Gasteiger partial charge in [0.15, 0.2) is 10.2 Å². The van der Waals surface area contributed by atoms with Crippen LogP contribution in [0, 0.1) is 15.5 Å². The Morgan fingerprint density at radius 2 is 1.97 bits per heavy atom. The predicted molar refractivity (Wildman–Crippen MR) is 134 cm³/mol. The summed E-state index contributed by atoms with van der Waals surface area (Å²) in [7, 11) is 0. The molecule has 0 bridgehead atoms. The van der Waals surface area contributed by atoms with Crippen LogP contribution in [0.3, 0.4) is 0 Å². The number of nitrogens with one attached hydrogen (secondary N) is 1. The summed E-state index contributed by atoms with van der Waals surface area (Å²) < 4.78 is 6.47. The summed E-state index contributed by atoms with van der Waals surface area (Å²) in [6.45, 7) is 0. The second-order valence-electron chi connectivity index (χ2n) is 7.17. The number of amidine groups is 2. The largest absolute Gasteiger partial charge is 0.457 e. The highest BCUT2D eigenvalue weighted by Gasteiger charge is 2.36. The lowest BCUT2D eigenvalue weighted by atomic mass is 10.1. The van der Waals surface area contributed by atoms with Gasteiger partial charge in [-0.25, -0.2) is 0 Å². The van der Waals surface area contributed by atoms with Crippen LogP contribution in [0.1, 0.15) is 11.3 Å². The van der Waals surface area contributed by atoms with Crippen molar-refractivity contribution in [2.45, 2.75) is 5.75 Å². The van der Waals surface area contributed by atoms with Crippen LogP contribution >= 0.6 is 23.5 Å². The monoisotopic (exact) mass is 489 g/mol. The summed E-state index contributed by atoms with van der Waals surface area (Å²) in [5.41, 5.74) is 1.67. The number of carbonyl (C=O) groups is 1. The number of hydrazone groups is 1. The second-order valence-corrected chi connectivity index (χ2v) is 9.35. The van der Waals surface area contributed by atoms with Crippen LogP contribution < -0.4 is 0 Å². The van der Waals surface area contributed by atoms with Crippen LogP contribution in [-0.4, -0.2) is 31.2 Å². The lowest BCUT2D eigenvalue weighted by molar-refractivity contribution is -0.384. The Hall–Kier alpha value is -3.96. The van der Waals surface area contributed by atoms with Crippen molar-refractivity contribution in [3.63, 3.8) is 0 Å². The Balaban J connectivity index is 1.35. The Morgan fingerprint density at radius 1 is 1.15 bits per heavy atom. The first-order valence-electron chi connectivity index (χ1n) is 9.99. The Bertz CT molecular complexity index is 1410. The van der Waals surface area contributed by atoms with E-state index >= 15 is 0 Å². The average Bonchev–Trinajstić information content (AvgIpc) is 3.48. The van der Waals surface area contributed by atoms with Gasteiger partial charge in [-0.1, -0.05) is 54.2 Å². The molecule has 1 N–H and O–H groups in total. The topological polar surface area (TPSA) is 125 Å². The first-order chi connectivity index (χ1) is 16.5. The van der Waals surface area contributed by atoms with Gasteiger partial charge in [0.2, 0.25) is 5.17 Å². The minimum atomic E-state index is -0.554. The zero-order chi connectivity index (χ0) is 23.7. The van der Waals surface area contributed by atoms with Gasteiger partial charge in [0.05, 0.1) is 10.5 Å². The first kappa shape index (κ1) is 21.9. The van der Waals surface area contributed by atoms with Gasteiger partial charge in [-0.15, -0.1) is 5.10 Å². The van der Waals surface area contributed by atoms with Crippen molar-refractivity contribution in [1.29, 1.82) is 5.41 Å². The van der Waals surface area contributed by atoms with Crippen LogP contribution in [0.25, 0.3) is 17.4 Å². The summed E-state index contributed by atoms with van der Waals surface area (Å²) in [5, 5.41) is 25.7. The van der Waals surface area contributed by atoms with Crippen LogP contribution in [0.5, 0.6) is 0 Å². The standard InChI is InChI=1S/C23H15N5O4S2/c24-20-18(12-17-9-10-19(32-17)15-7-4-8-16(11-15)28(30)31)21(29)25-22-27(20)26-23(34-22)33-13-14-5-2-1-3-6-14/h1-12,24H,13H2. The molecule has 3 heterocycles. The van der Waals surface area contributed by atoms with Crippen LogP contribution in [-0.2, 0) is 10.5 Å². The molecule has 2 aliphatic heterocycles. The molecule has 11 heteroatoms. The molecule has 0 aliphatic carbocycles. The van der Waals surface area contributed by atoms with Crippen molar-refractivity contribution in [2.24, 2.45) is 10.1 Å². The van der Waals surface area contributed by atoms with Gasteiger partial charge in [0.25, 0.3) is 11.6 Å². The maximum absolute atomic E-state index is 12.6. The van der Waals surface area contributed by atoms with Gasteiger partial charge < -0.3 is 4.42 Å². The SMILES string of the molecule is N=C1C(=Cc2ccc(-c3cccc([N+](=O)[O-])c3)o2)C(=O)N=C2SC(SCc3ccccc3)=NN12. The fourth-order valence-corrected chi connectivity index (χ4v) is 5.14. The van der Waals surface area contributed by atoms with Crippen molar-refractivity contribution >= 4 is 56.6 Å². The van der Waals surface area contributed by atoms with E-state index in [1.165, 1.54) is 46.7 Å². The number of aliphatic imine (C=N–C) groups is 1. The molecule has 168 valence electrons. The van der Waals surface area contributed by atoms with Crippen molar-refractivity contribution in [2.75, 3.05) is 0 Å². The van der Waals surface area contributed by atoms with Crippen molar-refractivity contribution < 1.29 is 14.1 Å². The van der Waals surface area contributed by atoms with Crippen LogP contribution in [0.4, 0.5) is 5.69 Å². The maximum atomic E-state index is 12.6. The van der Waals surface area contributed by atoms with Crippen molar-refractivity contribution in [3.05, 3.63) is 93.7 Å². The van der Waals surface area contributed by atoms with Gasteiger partial charge in [0.1, 0.15) is 11.5 Å². The molecule has 0 fully saturated rings. The zero-order valence-electron chi connectivity index (χ0n) is 17.4. The number of non-ortho nitro benzene ring substituents is 1. The summed E-state index contributed by atoms with van der Waals surface area (Å²) in [6, 6.07) is 19.3. The van der Waals surface area contributed by atoms with E-state index in [-0.39, 0.29) is 17.1 Å². The van der Waals surface area contributed by atoms with E-state index in [0.29, 0.717) is 32.4 Å². The molecule has 3 aromatic rings. The number of benzene rings is 2. The number of amides is 1. The molecule has 34 heavy (non-hydrogen) atoms. The molecule has 0 atom stereocenters. The molecule has 2 aromatic carbocycles. The fraction of sp³-hybridized carbons (Fsp3) is 0.0435. The number of nitrogens with zero attached hydrogens (tertiary/aromatic N) is 4. The minimum absolute atomic E-state index is 0.0438. The van der Waals surface area contributed by atoms with Crippen molar-refractivity contribution in [1.82, 2.24) is 5.01 Å². The highest BCUT2D eigenvalue weighted by atomic mass is 32.2. The Morgan fingerprint density at radius 3 is 2.76 bits per heavy atom. The lowest BCUT2D eigenvalue weighted by Gasteiger charge is -2.19. The minimum Gasteiger partial charge on any atom is -0.457 e. The molecular weight excluding hydrogens is 474 g/mol. The highest BCUT2D eigenvalue weighted by Crippen LogP contribution is 2.34. The molecule has 1 aromatic heterocycles. The quantitative estimate of drug-likeness (QED) is 0.290. The van der Waals surface area contributed by atoms with E-state index < -0.39 is 10.8 Å². The second kappa shape index (κ2) is 9.12. The molecule has 2 aliphatic rings. The van der Waals surface area contributed by atoms with Crippen LogP contribution in [0.15, 0.2) is 86.8 Å². The molecule has 1 amide bonds. The van der Waals surface area contributed by atoms with Crippen LogP contribution in [0.2, 0.25) is 0 Å². The number of rotatable bonds is 5.